The second-order valence-electron chi connectivity index (χ2n) is 2.29. The van der Waals surface area contributed by atoms with Crippen molar-refractivity contribution in [2.75, 3.05) is 4.72 Å². The first-order chi connectivity index (χ1) is 6.50. The van der Waals surface area contributed by atoms with E-state index in [-0.39, 0.29) is 46.0 Å². The topological polar surface area (TPSA) is 89.3 Å². The van der Waals surface area contributed by atoms with Crippen LogP contribution >= 0.6 is 11.6 Å². The molecule has 0 amide bonds. The Morgan fingerprint density at radius 3 is 2.40 bits per heavy atom. The van der Waals surface area contributed by atoms with Gasteiger partial charge in [-0.2, -0.15) is 0 Å². The summed E-state index contributed by atoms with van der Waals surface area (Å²) in [6.07, 6.45) is 0. The number of hydrogen-bond donors (Lipinski definition) is 2. The molecule has 0 aliphatic heterocycles. The summed E-state index contributed by atoms with van der Waals surface area (Å²) < 4.78 is 22.6. The van der Waals surface area contributed by atoms with E-state index in [4.69, 9.17) is 11.6 Å². The fourth-order valence-electron chi connectivity index (χ4n) is 0.807. The van der Waals surface area contributed by atoms with E-state index in [1.165, 1.54) is 6.07 Å². The molecule has 77 valence electrons. The van der Waals surface area contributed by atoms with Crippen LogP contribution < -0.4 is 4.72 Å². The average molecular weight is 260 g/mol. The van der Waals surface area contributed by atoms with E-state index in [0.29, 0.717) is 0 Å². The molecule has 0 atom stereocenters. The molecule has 1 N–H and O–H groups in total. The number of nitrogens with zero attached hydrogens (tertiary/aromatic N) is 1. The summed E-state index contributed by atoms with van der Waals surface area (Å²) >= 11 is 5.58. The van der Waals surface area contributed by atoms with Crippen LogP contribution in [0.1, 0.15) is 0 Å². The SMILES string of the molecule is O=[N+]([O-])c1ccc(N[SH](=O)=O)c(Cl)c1.[Na]. The maximum absolute atomic E-state index is 10.3. The number of rotatable bonds is 3. The van der Waals surface area contributed by atoms with Crippen molar-refractivity contribution in [3.05, 3.63) is 33.3 Å². The van der Waals surface area contributed by atoms with Crippen molar-refractivity contribution < 1.29 is 13.3 Å². The molecule has 0 aliphatic carbocycles. The summed E-state index contributed by atoms with van der Waals surface area (Å²) in [5.74, 6) is 0. The first-order valence-electron chi connectivity index (χ1n) is 3.35. The molecule has 6 nitrogen and oxygen atoms in total. The summed E-state index contributed by atoms with van der Waals surface area (Å²) in [5, 5.41) is 10.3. The van der Waals surface area contributed by atoms with Gasteiger partial charge in [0.15, 0.2) is 0 Å². The van der Waals surface area contributed by atoms with Crippen LogP contribution in [0.2, 0.25) is 5.02 Å². The summed E-state index contributed by atoms with van der Waals surface area (Å²) in [4.78, 5) is 9.68. The van der Waals surface area contributed by atoms with Crippen LogP contribution in [0, 0.1) is 10.1 Å². The molecular weight excluding hydrogens is 255 g/mol. The molecule has 0 saturated heterocycles. The van der Waals surface area contributed by atoms with Crippen molar-refractivity contribution in [3.63, 3.8) is 0 Å². The molecule has 15 heavy (non-hydrogen) atoms. The predicted molar refractivity (Wildman–Crippen MR) is 57.8 cm³/mol. The molecule has 1 aromatic rings. The smallest absolute Gasteiger partial charge is 0.271 e. The Bertz CT molecular complexity index is 443. The molecular formula is C6H5ClN2NaO4S. The van der Waals surface area contributed by atoms with E-state index in [9.17, 15) is 18.5 Å². The summed E-state index contributed by atoms with van der Waals surface area (Å²) in [6, 6.07) is 3.46. The summed E-state index contributed by atoms with van der Waals surface area (Å²) in [5.41, 5.74) is -0.0740. The van der Waals surface area contributed by atoms with E-state index in [1.807, 2.05) is 4.72 Å². The van der Waals surface area contributed by atoms with Gasteiger partial charge < -0.3 is 0 Å². The molecule has 0 bridgehead atoms. The molecule has 0 saturated carbocycles. The molecule has 9 heteroatoms. The number of halogens is 1. The number of nitro benzene ring substituents is 1. The Labute approximate surface area is 114 Å². The Balaban J connectivity index is 0.00000196. The van der Waals surface area contributed by atoms with Crippen LogP contribution in [0.3, 0.4) is 0 Å². The van der Waals surface area contributed by atoms with Gasteiger partial charge in [0, 0.05) is 41.7 Å². The van der Waals surface area contributed by atoms with Gasteiger partial charge in [-0.25, -0.2) is 8.42 Å². The van der Waals surface area contributed by atoms with Crippen molar-refractivity contribution in [1.29, 1.82) is 0 Å². The van der Waals surface area contributed by atoms with Crippen LogP contribution in [-0.4, -0.2) is 42.9 Å². The number of anilines is 1. The van der Waals surface area contributed by atoms with Gasteiger partial charge in [-0.15, -0.1) is 0 Å². The van der Waals surface area contributed by atoms with Crippen molar-refractivity contribution in [1.82, 2.24) is 0 Å². The van der Waals surface area contributed by atoms with E-state index in [1.54, 1.807) is 0 Å². The fraction of sp³-hybridized carbons (Fsp3) is 0. The molecule has 0 aromatic heterocycles. The molecule has 0 aliphatic rings. The van der Waals surface area contributed by atoms with Gasteiger partial charge in [0.25, 0.3) is 5.69 Å². The van der Waals surface area contributed by atoms with E-state index in [2.05, 4.69) is 0 Å². The largest absolute Gasteiger partial charge is 0.284 e. The van der Waals surface area contributed by atoms with Crippen LogP contribution in [0.25, 0.3) is 0 Å². The molecule has 0 spiro atoms. The quantitative estimate of drug-likeness (QED) is 0.364. The number of non-ortho nitro benzene ring substituents is 1. The minimum Gasteiger partial charge on any atom is -0.284 e. The first kappa shape index (κ1) is 14.7. The molecule has 0 heterocycles. The van der Waals surface area contributed by atoms with Gasteiger partial charge in [-0.3, -0.25) is 14.8 Å². The Morgan fingerprint density at radius 1 is 1.40 bits per heavy atom. The maximum Gasteiger partial charge on any atom is 0.271 e. The molecule has 1 rings (SSSR count). The van der Waals surface area contributed by atoms with Crippen molar-refractivity contribution in [2.24, 2.45) is 0 Å². The summed E-state index contributed by atoms with van der Waals surface area (Å²) in [7, 11) is -2.82. The second-order valence-corrected chi connectivity index (χ2v) is 3.44. The number of nitrogens with one attached hydrogen (secondary N) is 1. The zero-order valence-corrected chi connectivity index (χ0v) is 11.3. The van der Waals surface area contributed by atoms with Gasteiger partial charge in [-0.1, -0.05) is 11.6 Å². The van der Waals surface area contributed by atoms with Crippen LogP contribution in [-0.2, 0) is 10.9 Å². The minimum atomic E-state index is -2.82. The Kier molecular flexibility index (Phi) is 6.15. The predicted octanol–water partition coefficient (Wildman–Crippen LogP) is 0.806. The third kappa shape index (κ3) is 4.35. The van der Waals surface area contributed by atoms with Crippen LogP contribution in [0.4, 0.5) is 11.4 Å². The molecule has 1 aromatic carbocycles. The van der Waals surface area contributed by atoms with Crippen molar-refractivity contribution in [2.45, 2.75) is 0 Å². The monoisotopic (exact) mass is 259 g/mol. The maximum atomic E-state index is 10.3. The zero-order valence-electron chi connectivity index (χ0n) is 7.64. The molecule has 1 radical (unpaired) electrons. The molecule has 0 fully saturated rings. The Hall–Kier alpha value is -0.340. The van der Waals surface area contributed by atoms with Gasteiger partial charge in [0.05, 0.1) is 15.6 Å². The van der Waals surface area contributed by atoms with Crippen LogP contribution in [0.5, 0.6) is 0 Å². The zero-order chi connectivity index (χ0) is 10.7. The third-order valence-electron chi connectivity index (χ3n) is 1.38. The van der Waals surface area contributed by atoms with Gasteiger partial charge >= 0.3 is 0 Å². The van der Waals surface area contributed by atoms with Gasteiger partial charge in [-0.05, 0) is 6.07 Å². The summed E-state index contributed by atoms with van der Waals surface area (Å²) in [6.45, 7) is 0. The normalized spacial score (nSPS) is 9.47. The van der Waals surface area contributed by atoms with Crippen molar-refractivity contribution in [3.8, 4) is 0 Å². The number of benzene rings is 1. The molecule has 0 unspecified atom stereocenters. The van der Waals surface area contributed by atoms with Gasteiger partial charge in [0.2, 0.25) is 10.9 Å². The van der Waals surface area contributed by atoms with Crippen LogP contribution in [0.15, 0.2) is 18.2 Å². The van der Waals surface area contributed by atoms with Gasteiger partial charge in [0.1, 0.15) is 0 Å². The fourth-order valence-corrected chi connectivity index (χ4v) is 1.49. The van der Waals surface area contributed by atoms with Crippen molar-refractivity contribution >= 4 is 63.4 Å². The van der Waals surface area contributed by atoms with E-state index in [0.717, 1.165) is 12.1 Å². The minimum absolute atomic E-state index is 0. The third-order valence-corrected chi connectivity index (χ3v) is 2.11. The number of thiol groups is 1. The second kappa shape index (κ2) is 6.29. The number of nitro groups is 1. The number of hydrogen-bond acceptors (Lipinski definition) is 4. The first-order valence-corrected chi connectivity index (χ1v) is 4.91. The Morgan fingerprint density at radius 2 is 2.00 bits per heavy atom. The average Bonchev–Trinajstić information content (AvgIpc) is 2.07. The van der Waals surface area contributed by atoms with E-state index < -0.39 is 15.8 Å². The standard InChI is InChI=1S/C6H5ClN2O4S.Na/c7-5-3-4(9(10)11)1-2-6(5)8-14(12)13;/h1-3,14H,(H,8,12,13);. The van der Waals surface area contributed by atoms with E-state index >= 15 is 0 Å².